The molecule has 7 rings (SSSR count). The molecule has 4 atom stereocenters. The van der Waals surface area contributed by atoms with Gasteiger partial charge >= 0.3 is 6.09 Å². The molecule has 2 aliphatic carbocycles. The Hall–Kier alpha value is -5.22. The average molecular weight is 846 g/mol. The van der Waals surface area contributed by atoms with Crippen molar-refractivity contribution in [1.29, 1.82) is 0 Å². The van der Waals surface area contributed by atoms with Crippen LogP contribution in [0.1, 0.15) is 73.6 Å². The lowest BCUT2D eigenvalue weighted by molar-refractivity contribution is -0.147. The lowest BCUT2D eigenvalue weighted by atomic mass is 9.62. The fourth-order valence-corrected chi connectivity index (χ4v) is 10.1. The fraction of sp³-hybridized carbons (Fsp3) is 0.465. The predicted molar refractivity (Wildman–Crippen MR) is 222 cm³/mol. The minimum atomic E-state index is -4.20. The highest BCUT2D eigenvalue weighted by Crippen LogP contribution is 2.66. The quantitative estimate of drug-likeness (QED) is 0.157. The maximum absolute atomic E-state index is 14.8. The summed E-state index contributed by atoms with van der Waals surface area (Å²) in [5, 5.41) is 8.02. The number of hydrogen-bond donors (Lipinski definition) is 3. The van der Waals surface area contributed by atoms with Crippen molar-refractivity contribution in [2.24, 2.45) is 10.8 Å². The minimum Gasteiger partial charge on any atom is -0.497 e. The van der Waals surface area contributed by atoms with Gasteiger partial charge in [0.15, 0.2) is 0 Å². The first-order valence-corrected chi connectivity index (χ1v) is 22.0. The first-order chi connectivity index (χ1) is 27.7. The van der Waals surface area contributed by atoms with Gasteiger partial charge < -0.3 is 29.7 Å². The van der Waals surface area contributed by atoms with Crippen LogP contribution in [0.25, 0.3) is 22.2 Å². The van der Waals surface area contributed by atoms with Gasteiger partial charge in [-0.15, -0.1) is 11.3 Å². The number of rotatable bonds is 11. The van der Waals surface area contributed by atoms with Crippen LogP contribution in [0.5, 0.6) is 11.5 Å². The summed E-state index contributed by atoms with van der Waals surface area (Å²) in [6, 6.07) is 17.6. The van der Waals surface area contributed by atoms with Crippen molar-refractivity contribution >= 4 is 56.1 Å². The Kier molecular flexibility index (Phi) is 11.0. The van der Waals surface area contributed by atoms with Gasteiger partial charge in [-0.3, -0.25) is 14.4 Å². The number of likely N-dealkylation sites (tertiary alicyclic amines) is 1. The van der Waals surface area contributed by atoms with E-state index in [0.29, 0.717) is 47.4 Å². The molecule has 0 bridgehead atoms. The maximum atomic E-state index is 14.8. The van der Waals surface area contributed by atoms with Crippen LogP contribution in [-0.4, -0.2) is 85.1 Å². The van der Waals surface area contributed by atoms with Crippen molar-refractivity contribution in [2.75, 3.05) is 13.7 Å². The molecule has 16 heteroatoms. The first-order valence-electron chi connectivity index (χ1n) is 19.7. The number of sulfonamides is 1. The van der Waals surface area contributed by atoms with Crippen molar-refractivity contribution in [2.45, 2.75) is 107 Å². The Morgan fingerprint density at radius 2 is 1.64 bits per heavy atom. The van der Waals surface area contributed by atoms with Crippen LogP contribution in [0.3, 0.4) is 0 Å². The number of nitrogens with zero attached hydrogens (tertiary/aromatic N) is 2. The number of amides is 4. The number of alkyl carbamates (subject to hydrolysis) is 1. The molecule has 4 amide bonds. The fourth-order valence-electron chi connectivity index (χ4n) is 8.08. The van der Waals surface area contributed by atoms with Gasteiger partial charge in [0.25, 0.3) is 15.9 Å². The number of methoxy groups -OCH3 is 1. The summed E-state index contributed by atoms with van der Waals surface area (Å²) in [4.78, 5) is 63.1. The van der Waals surface area contributed by atoms with Crippen LogP contribution in [0.2, 0.25) is 0 Å². The number of pyridine rings is 1. The number of aromatic nitrogens is 1. The van der Waals surface area contributed by atoms with Crippen molar-refractivity contribution in [3.05, 3.63) is 72.1 Å². The number of carbonyl (C=O) groups is 4. The number of hydrogen-bond acceptors (Lipinski definition) is 11. The normalized spacial score (nSPS) is 21.6. The van der Waals surface area contributed by atoms with Gasteiger partial charge in [-0.1, -0.05) is 57.2 Å². The topological polar surface area (TPSA) is 182 Å². The Bertz CT molecular complexity index is 2370. The molecule has 3 heterocycles. The molecular formula is C43H51N5O9S2. The van der Waals surface area contributed by atoms with E-state index >= 15 is 0 Å². The van der Waals surface area contributed by atoms with E-state index in [0.717, 1.165) is 16.9 Å². The van der Waals surface area contributed by atoms with Crippen molar-refractivity contribution in [3.63, 3.8) is 0 Å². The Morgan fingerprint density at radius 3 is 2.24 bits per heavy atom. The van der Waals surface area contributed by atoms with E-state index in [1.165, 1.54) is 11.0 Å². The van der Waals surface area contributed by atoms with E-state index in [-0.39, 0.29) is 23.6 Å². The van der Waals surface area contributed by atoms with E-state index in [1.54, 1.807) is 72.2 Å². The molecule has 2 aromatic carbocycles. The standard InChI is InChI=1S/C43H51N5O9S2/c1-40(2,3)35(45-39(52)57-41(4,5)6)37(50)48-25-28(56-33-24-30(26-12-9-8-10-13-26)44-31-22-27(55-7)15-16-29(31)33)23-32(48)36(49)46-43(20-19-42(43)17-18-42)38(51)47-59(53,54)34-14-11-21-58-34/h8-16,21-22,24,28,32,35H,17-20,23,25H2,1-7H3,(H,45,52)(H,46,49)(H,47,51)/t28-,32+,35-,43?/m1/s1. The molecule has 4 aromatic rings. The minimum absolute atomic E-state index is 0.0211. The smallest absolute Gasteiger partial charge is 0.408 e. The monoisotopic (exact) mass is 845 g/mol. The molecule has 14 nitrogen and oxygen atoms in total. The summed E-state index contributed by atoms with van der Waals surface area (Å²) in [7, 11) is -2.63. The highest BCUT2D eigenvalue weighted by molar-refractivity contribution is 7.92. The van der Waals surface area contributed by atoms with Gasteiger partial charge in [-0.25, -0.2) is 22.9 Å². The number of ether oxygens (including phenoxy) is 3. The second-order valence-corrected chi connectivity index (χ2v) is 20.6. The predicted octanol–water partition coefficient (Wildman–Crippen LogP) is 6.19. The van der Waals surface area contributed by atoms with Gasteiger partial charge in [0.1, 0.15) is 45.0 Å². The third kappa shape index (κ3) is 8.47. The molecule has 0 radical (unpaired) electrons. The summed E-state index contributed by atoms with van der Waals surface area (Å²) in [5.74, 6) is -0.902. The molecule has 1 unspecified atom stereocenters. The summed E-state index contributed by atoms with van der Waals surface area (Å²) in [5.41, 5.74) is -1.68. The molecule has 2 saturated carbocycles. The van der Waals surface area contributed by atoms with Crippen LogP contribution in [0, 0.1) is 10.8 Å². The van der Waals surface area contributed by atoms with Crippen LogP contribution >= 0.6 is 11.3 Å². The summed E-state index contributed by atoms with van der Waals surface area (Å²) >= 11 is 0.978. The van der Waals surface area contributed by atoms with E-state index in [9.17, 15) is 27.6 Å². The second kappa shape index (κ2) is 15.4. The molecule has 314 valence electrons. The zero-order valence-corrected chi connectivity index (χ0v) is 35.9. The Morgan fingerprint density at radius 1 is 0.932 bits per heavy atom. The third-order valence-corrected chi connectivity index (χ3v) is 14.1. The number of nitrogens with one attached hydrogen (secondary N) is 3. The lowest BCUT2D eigenvalue weighted by Crippen LogP contribution is -2.71. The summed E-state index contributed by atoms with van der Waals surface area (Å²) in [6.45, 7) is 10.5. The maximum Gasteiger partial charge on any atom is 0.408 e. The van der Waals surface area contributed by atoms with Gasteiger partial charge in [0, 0.05) is 34.9 Å². The summed E-state index contributed by atoms with van der Waals surface area (Å²) < 4.78 is 46.5. The van der Waals surface area contributed by atoms with Gasteiger partial charge in [0.05, 0.1) is 24.9 Å². The van der Waals surface area contributed by atoms with Gasteiger partial charge in [0.2, 0.25) is 11.8 Å². The molecule has 2 aromatic heterocycles. The van der Waals surface area contributed by atoms with Crippen LogP contribution in [0.15, 0.2) is 76.3 Å². The largest absolute Gasteiger partial charge is 0.497 e. The number of thiophene rings is 1. The zero-order chi connectivity index (χ0) is 42.5. The van der Waals surface area contributed by atoms with Crippen LogP contribution < -0.4 is 24.8 Å². The van der Waals surface area contributed by atoms with Gasteiger partial charge in [-0.2, -0.15) is 0 Å². The highest BCUT2D eigenvalue weighted by atomic mass is 32.2. The van der Waals surface area contributed by atoms with Gasteiger partial charge in [-0.05, 0) is 75.4 Å². The van der Waals surface area contributed by atoms with E-state index in [4.69, 9.17) is 19.2 Å². The second-order valence-electron chi connectivity index (χ2n) is 17.7. The molecule has 3 fully saturated rings. The van der Waals surface area contributed by atoms with Crippen molar-refractivity contribution in [1.82, 2.24) is 25.2 Å². The SMILES string of the molecule is COc1ccc2c(O[C@@H]3C[C@@H](C(=O)NC4(C(=O)NS(=O)(=O)c5cccs5)CCC45CC5)N(C(=O)[C@@H](NC(=O)OC(C)(C)C)C(C)(C)C)C3)cc(-c3ccccc3)nc2c1. The number of carbonyl (C=O) groups excluding carboxylic acids is 4. The highest BCUT2D eigenvalue weighted by Gasteiger charge is 2.71. The lowest BCUT2D eigenvalue weighted by Gasteiger charge is -2.50. The molecular weight excluding hydrogens is 795 g/mol. The Labute approximate surface area is 348 Å². The third-order valence-electron chi connectivity index (χ3n) is 11.4. The van der Waals surface area contributed by atoms with Crippen LogP contribution in [-0.2, 0) is 29.1 Å². The molecule has 1 aliphatic heterocycles. The number of fused-ring (bicyclic) bond motifs is 1. The van der Waals surface area contributed by atoms with E-state index in [1.807, 2.05) is 42.5 Å². The molecule has 1 saturated heterocycles. The number of benzene rings is 2. The molecule has 3 N–H and O–H groups in total. The average Bonchev–Trinajstić information content (AvgIpc) is 3.61. The first kappa shape index (κ1) is 41.9. The molecule has 3 aliphatic rings. The summed E-state index contributed by atoms with van der Waals surface area (Å²) in [6.07, 6.45) is 0.633. The Balaban J connectivity index is 1.23. The van der Waals surface area contributed by atoms with Crippen molar-refractivity contribution < 1.29 is 41.8 Å². The van der Waals surface area contributed by atoms with E-state index in [2.05, 4.69) is 15.4 Å². The van der Waals surface area contributed by atoms with E-state index < -0.39 is 74.0 Å². The molecule has 59 heavy (non-hydrogen) atoms. The van der Waals surface area contributed by atoms with Crippen LogP contribution in [0.4, 0.5) is 4.79 Å². The zero-order valence-electron chi connectivity index (χ0n) is 34.3. The molecule has 1 spiro atoms. The van der Waals surface area contributed by atoms with Crippen molar-refractivity contribution in [3.8, 4) is 22.8 Å².